The first kappa shape index (κ1) is 15.7. The molecule has 2 fully saturated rings. The predicted octanol–water partition coefficient (Wildman–Crippen LogP) is 0.271. The van der Waals surface area contributed by atoms with Crippen LogP contribution in [0, 0.1) is 5.92 Å². The normalized spacial score (nSPS) is 36.5. The van der Waals surface area contributed by atoms with Crippen LogP contribution < -0.4 is 16.4 Å². The number of rotatable bonds is 5. The van der Waals surface area contributed by atoms with Gasteiger partial charge in [0.2, 0.25) is 0 Å². The largest absolute Gasteiger partial charge is 0.480 e. The van der Waals surface area contributed by atoms with Gasteiger partial charge in [-0.1, -0.05) is 6.42 Å². The van der Waals surface area contributed by atoms with Gasteiger partial charge >= 0.3 is 5.97 Å². The maximum atomic E-state index is 11.5. The SMILES string of the molecule is CC(N)COC1CCC(C2CCCCN2)C(C(=O)O)N1. The van der Waals surface area contributed by atoms with E-state index in [-0.39, 0.29) is 18.2 Å². The summed E-state index contributed by atoms with van der Waals surface area (Å²) < 4.78 is 5.64. The van der Waals surface area contributed by atoms with Gasteiger partial charge in [0, 0.05) is 18.0 Å². The van der Waals surface area contributed by atoms with Crippen LogP contribution in [-0.4, -0.2) is 48.6 Å². The van der Waals surface area contributed by atoms with E-state index in [1.807, 2.05) is 6.92 Å². The summed E-state index contributed by atoms with van der Waals surface area (Å²) in [5.74, 6) is -0.639. The van der Waals surface area contributed by atoms with Crippen molar-refractivity contribution in [3.8, 4) is 0 Å². The van der Waals surface area contributed by atoms with Gasteiger partial charge in [0.15, 0.2) is 0 Å². The van der Waals surface area contributed by atoms with Crippen LogP contribution in [0.1, 0.15) is 39.0 Å². The number of piperidine rings is 2. The first-order valence-corrected chi connectivity index (χ1v) is 7.67. The molecule has 0 aliphatic carbocycles. The van der Waals surface area contributed by atoms with Crippen molar-refractivity contribution < 1.29 is 14.6 Å². The third-order valence-electron chi connectivity index (χ3n) is 4.25. The first-order chi connectivity index (χ1) is 9.58. The second kappa shape index (κ2) is 7.36. The Balaban J connectivity index is 1.92. The highest BCUT2D eigenvalue weighted by Crippen LogP contribution is 2.28. The highest BCUT2D eigenvalue weighted by atomic mass is 16.5. The van der Waals surface area contributed by atoms with E-state index in [0.29, 0.717) is 12.6 Å². The Morgan fingerprint density at radius 2 is 2.20 bits per heavy atom. The molecule has 2 rings (SSSR count). The van der Waals surface area contributed by atoms with Crippen molar-refractivity contribution in [3.05, 3.63) is 0 Å². The van der Waals surface area contributed by atoms with Gasteiger partial charge in [-0.15, -0.1) is 0 Å². The molecule has 0 bridgehead atoms. The highest BCUT2D eigenvalue weighted by molar-refractivity contribution is 5.74. The first-order valence-electron chi connectivity index (χ1n) is 7.67. The Morgan fingerprint density at radius 1 is 1.40 bits per heavy atom. The molecule has 6 nitrogen and oxygen atoms in total. The molecule has 2 saturated heterocycles. The van der Waals surface area contributed by atoms with E-state index in [2.05, 4.69) is 10.6 Å². The van der Waals surface area contributed by atoms with Crippen molar-refractivity contribution in [2.75, 3.05) is 13.2 Å². The highest BCUT2D eigenvalue weighted by Gasteiger charge is 2.39. The molecule has 0 spiro atoms. The molecule has 0 aromatic rings. The molecular weight excluding hydrogens is 258 g/mol. The molecule has 2 heterocycles. The maximum absolute atomic E-state index is 11.5. The van der Waals surface area contributed by atoms with E-state index >= 15 is 0 Å². The van der Waals surface area contributed by atoms with Crippen LogP contribution in [-0.2, 0) is 9.53 Å². The van der Waals surface area contributed by atoms with Crippen molar-refractivity contribution in [2.24, 2.45) is 11.7 Å². The number of carbonyl (C=O) groups is 1. The Labute approximate surface area is 120 Å². The Morgan fingerprint density at radius 3 is 2.80 bits per heavy atom. The lowest BCUT2D eigenvalue weighted by atomic mass is 9.80. The molecule has 20 heavy (non-hydrogen) atoms. The molecule has 0 radical (unpaired) electrons. The number of nitrogens with one attached hydrogen (secondary N) is 2. The molecule has 5 unspecified atom stereocenters. The van der Waals surface area contributed by atoms with Gasteiger partial charge < -0.3 is 20.9 Å². The van der Waals surface area contributed by atoms with Crippen LogP contribution in [0.25, 0.3) is 0 Å². The van der Waals surface area contributed by atoms with Gasteiger partial charge in [-0.05, 0) is 39.2 Å². The third kappa shape index (κ3) is 4.15. The summed E-state index contributed by atoms with van der Waals surface area (Å²) >= 11 is 0. The minimum absolute atomic E-state index is 0.0298. The van der Waals surface area contributed by atoms with Crippen molar-refractivity contribution in [1.82, 2.24) is 10.6 Å². The predicted molar refractivity (Wildman–Crippen MR) is 76.3 cm³/mol. The number of carboxylic acid groups (broad SMARTS) is 1. The molecule has 0 aromatic heterocycles. The summed E-state index contributed by atoms with van der Waals surface area (Å²) in [6, 6.07) is -0.248. The maximum Gasteiger partial charge on any atom is 0.321 e. The summed E-state index contributed by atoms with van der Waals surface area (Å²) in [5.41, 5.74) is 5.67. The smallest absolute Gasteiger partial charge is 0.321 e. The van der Waals surface area contributed by atoms with Crippen LogP contribution in [0.4, 0.5) is 0 Å². The lowest BCUT2D eigenvalue weighted by molar-refractivity contribution is -0.145. The standard InChI is InChI=1S/C14H27N3O3/c1-9(15)8-20-12-6-5-10(13(17-12)14(18)19)11-4-2-3-7-16-11/h9-13,16-17H,2-8,15H2,1H3,(H,18,19). The zero-order valence-electron chi connectivity index (χ0n) is 12.2. The van der Waals surface area contributed by atoms with Crippen molar-refractivity contribution in [1.29, 1.82) is 0 Å². The third-order valence-corrected chi connectivity index (χ3v) is 4.25. The van der Waals surface area contributed by atoms with Crippen molar-refractivity contribution in [2.45, 2.75) is 63.4 Å². The fraction of sp³-hybridized carbons (Fsp3) is 0.929. The van der Waals surface area contributed by atoms with E-state index in [1.54, 1.807) is 0 Å². The minimum Gasteiger partial charge on any atom is -0.480 e. The van der Waals surface area contributed by atoms with E-state index in [9.17, 15) is 9.90 Å². The van der Waals surface area contributed by atoms with Gasteiger partial charge in [-0.2, -0.15) is 0 Å². The Hall–Kier alpha value is -0.690. The van der Waals surface area contributed by atoms with E-state index in [4.69, 9.17) is 10.5 Å². The fourth-order valence-corrected chi connectivity index (χ4v) is 3.25. The summed E-state index contributed by atoms with van der Waals surface area (Å²) in [6.45, 7) is 3.33. The monoisotopic (exact) mass is 285 g/mol. The Bertz CT molecular complexity index is 319. The summed E-state index contributed by atoms with van der Waals surface area (Å²) in [7, 11) is 0. The molecule has 0 amide bonds. The lowest BCUT2D eigenvalue weighted by Gasteiger charge is -2.41. The Kier molecular flexibility index (Phi) is 5.77. The van der Waals surface area contributed by atoms with Crippen LogP contribution in [0.2, 0.25) is 0 Å². The summed E-state index contributed by atoms with van der Waals surface area (Å²) in [5, 5.41) is 16.1. The summed E-state index contributed by atoms with van der Waals surface area (Å²) in [4.78, 5) is 11.5. The van der Waals surface area contributed by atoms with Gasteiger partial charge in [-0.3, -0.25) is 10.1 Å². The van der Waals surface area contributed by atoms with Crippen LogP contribution in [0.3, 0.4) is 0 Å². The topological polar surface area (TPSA) is 96.6 Å². The average Bonchev–Trinajstić information content (AvgIpc) is 2.45. The molecule has 0 aromatic carbocycles. The van der Waals surface area contributed by atoms with Crippen molar-refractivity contribution >= 4 is 5.97 Å². The lowest BCUT2D eigenvalue weighted by Crippen LogP contribution is -2.58. The zero-order chi connectivity index (χ0) is 14.5. The molecule has 2 aliphatic rings. The number of nitrogens with two attached hydrogens (primary N) is 1. The van der Waals surface area contributed by atoms with Crippen molar-refractivity contribution in [3.63, 3.8) is 0 Å². The van der Waals surface area contributed by atoms with E-state index in [1.165, 1.54) is 12.8 Å². The number of aliphatic carboxylic acids is 1. The number of ether oxygens (including phenoxy) is 1. The molecule has 5 N–H and O–H groups in total. The quantitative estimate of drug-likeness (QED) is 0.579. The molecule has 116 valence electrons. The van der Waals surface area contributed by atoms with Crippen LogP contribution in [0.5, 0.6) is 0 Å². The van der Waals surface area contributed by atoms with Crippen LogP contribution >= 0.6 is 0 Å². The van der Waals surface area contributed by atoms with Gasteiger partial charge in [0.25, 0.3) is 0 Å². The minimum atomic E-state index is -0.781. The number of hydrogen-bond acceptors (Lipinski definition) is 5. The summed E-state index contributed by atoms with van der Waals surface area (Å²) in [6.07, 6.45) is 4.98. The molecule has 5 atom stereocenters. The average molecular weight is 285 g/mol. The number of carboxylic acids is 1. The number of hydrogen-bond donors (Lipinski definition) is 4. The molecule has 0 saturated carbocycles. The second-order valence-corrected chi connectivity index (χ2v) is 6.08. The van der Waals surface area contributed by atoms with Crippen LogP contribution in [0.15, 0.2) is 0 Å². The second-order valence-electron chi connectivity index (χ2n) is 6.08. The zero-order valence-corrected chi connectivity index (χ0v) is 12.2. The molecular formula is C14H27N3O3. The molecule has 6 heteroatoms. The molecule has 2 aliphatic heterocycles. The van der Waals surface area contributed by atoms with E-state index < -0.39 is 12.0 Å². The van der Waals surface area contributed by atoms with Gasteiger partial charge in [0.1, 0.15) is 12.3 Å². The van der Waals surface area contributed by atoms with Gasteiger partial charge in [0.05, 0.1) is 6.61 Å². The fourth-order valence-electron chi connectivity index (χ4n) is 3.25. The van der Waals surface area contributed by atoms with Gasteiger partial charge in [-0.25, -0.2) is 0 Å². The van der Waals surface area contributed by atoms with E-state index in [0.717, 1.165) is 25.8 Å².